The van der Waals surface area contributed by atoms with Crippen molar-refractivity contribution in [3.63, 3.8) is 0 Å². The van der Waals surface area contributed by atoms with Crippen molar-refractivity contribution in [2.24, 2.45) is 0 Å². The zero-order valence-electron chi connectivity index (χ0n) is 17.2. The topological polar surface area (TPSA) is 69.3 Å². The number of hydrogen-bond donors (Lipinski definition) is 0. The Labute approximate surface area is 206 Å². The van der Waals surface area contributed by atoms with E-state index in [1.807, 2.05) is 12.1 Å². The van der Waals surface area contributed by atoms with Gasteiger partial charge in [0, 0.05) is 22.1 Å². The molecule has 2 aliphatic carbocycles. The Balaban J connectivity index is 0. The Hall–Kier alpha value is 0.379. The van der Waals surface area contributed by atoms with E-state index in [4.69, 9.17) is 58.0 Å². The van der Waals surface area contributed by atoms with Gasteiger partial charge in [0.25, 0.3) is 0 Å². The van der Waals surface area contributed by atoms with Gasteiger partial charge in [0.2, 0.25) is 0 Å². The van der Waals surface area contributed by atoms with Crippen LogP contribution in [0.2, 0.25) is 5.02 Å². The molecular formula is C21H38Cl3MnN5-4. The summed E-state index contributed by atoms with van der Waals surface area (Å²) in [4.78, 5) is 4.79. The van der Waals surface area contributed by atoms with Crippen LogP contribution in [0.4, 0.5) is 0 Å². The van der Waals surface area contributed by atoms with Crippen molar-refractivity contribution < 1.29 is 18.8 Å². The van der Waals surface area contributed by atoms with Gasteiger partial charge in [0.1, 0.15) is 0 Å². The second-order valence-electron chi connectivity index (χ2n) is 8.15. The van der Waals surface area contributed by atoms with Crippen molar-refractivity contribution in [2.75, 3.05) is 13.1 Å². The fraction of sp³-hybridized carbons (Fsp3) is 0.762. The first-order valence-corrected chi connectivity index (χ1v) is 14.5. The van der Waals surface area contributed by atoms with Gasteiger partial charge in [-0.2, -0.15) is 37.3 Å². The van der Waals surface area contributed by atoms with Gasteiger partial charge >= 0.3 is 33.3 Å². The third-order valence-corrected chi connectivity index (χ3v) is 6.31. The Bertz CT molecular complexity index is 608. The molecule has 0 aromatic carbocycles. The van der Waals surface area contributed by atoms with Crippen LogP contribution in [0.5, 0.6) is 0 Å². The summed E-state index contributed by atoms with van der Waals surface area (Å²) in [6.07, 6.45) is 9.62. The molecule has 5 nitrogen and oxygen atoms in total. The zero-order valence-corrected chi connectivity index (χ0v) is 20.6. The maximum atomic E-state index is 6.35. The van der Waals surface area contributed by atoms with E-state index in [1.165, 1.54) is 25.7 Å². The molecule has 2 saturated carbocycles. The molecule has 4 atom stereocenters. The van der Waals surface area contributed by atoms with Crippen LogP contribution in [0.25, 0.3) is 21.3 Å². The third kappa shape index (κ3) is 8.06. The molecule has 2 heterocycles. The molecule has 0 radical (unpaired) electrons. The molecule has 9 heteroatoms. The van der Waals surface area contributed by atoms with E-state index in [0.29, 0.717) is 37.3 Å². The molecule has 3 aliphatic rings. The molecule has 0 saturated heterocycles. The predicted octanol–water partition coefficient (Wildman–Crippen LogP) is 8.23. The number of halogens is 3. The maximum Gasteiger partial charge on any atom is 0 e. The number of fused-ring (bicyclic) bond motifs is 4. The van der Waals surface area contributed by atoms with Crippen LogP contribution in [-0.4, -0.2) is 42.2 Å². The summed E-state index contributed by atoms with van der Waals surface area (Å²) in [6, 6.07) is 5.23. The van der Waals surface area contributed by atoms with Crippen LogP contribution in [-0.2, 0) is 26.2 Å². The first kappa shape index (κ1) is 25.0. The van der Waals surface area contributed by atoms with Gasteiger partial charge in [-0.25, -0.2) is 0 Å². The van der Waals surface area contributed by atoms with E-state index in [2.05, 4.69) is 0 Å². The smallest absolute Gasteiger partial charge is 0 e. The second-order valence-corrected chi connectivity index (χ2v) is 10.5. The molecule has 4 rings (SSSR count). The van der Waals surface area contributed by atoms with Crippen LogP contribution in [0.3, 0.4) is 0 Å². The van der Waals surface area contributed by atoms with Crippen molar-refractivity contribution in [1.82, 2.24) is 4.98 Å². The Morgan fingerprint density at radius 1 is 0.733 bits per heavy atom. The molecule has 0 spiro atoms. The van der Waals surface area contributed by atoms with Gasteiger partial charge in [-0.15, -0.1) is 13.1 Å². The van der Waals surface area contributed by atoms with Crippen molar-refractivity contribution >= 4 is 31.8 Å². The van der Waals surface area contributed by atoms with Crippen LogP contribution >= 0.6 is 31.8 Å². The largest absolute Gasteiger partial charge is 0 e. The summed E-state index contributed by atoms with van der Waals surface area (Å²) in [5.74, 6) is 0. The summed E-state index contributed by atoms with van der Waals surface area (Å²) < 4.78 is 0. The van der Waals surface area contributed by atoms with Crippen molar-refractivity contribution in [3.05, 3.63) is 49.8 Å². The van der Waals surface area contributed by atoms with E-state index in [1.54, 1.807) is 0 Å². The zero-order chi connectivity index (χ0) is 21.2. The van der Waals surface area contributed by atoms with Gasteiger partial charge in [0.15, 0.2) is 0 Å². The third-order valence-electron chi connectivity index (χ3n) is 6.09. The van der Waals surface area contributed by atoms with Crippen LogP contribution < -0.4 is 0 Å². The van der Waals surface area contributed by atoms with E-state index < -0.39 is 0 Å². The molecule has 3 unspecified atom stereocenters. The molecule has 2 bridgehead atoms. The van der Waals surface area contributed by atoms with Crippen molar-refractivity contribution in [3.8, 4) is 0 Å². The molecule has 179 valence electrons. The number of aromatic nitrogens is 1. The van der Waals surface area contributed by atoms with Gasteiger partial charge in [-0.05, 0) is 12.1 Å². The average Bonchev–Trinajstić information content (AvgIpc) is 2.75. The fourth-order valence-electron chi connectivity index (χ4n) is 4.67. The summed E-state index contributed by atoms with van der Waals surface area (Å²) in [6.45, 7) is 2.91. The summed E-state index contributed by atoms with van der Waals surface area (Å²) >= 11 is 6.36. The summed E-state index contributed by atoms with van der Waals surface area (Å²) in [7, 11) is 9.59. The molecule has 1 aromatic rings. The van der Waals surface area contributed by atoms with E-state index >= 15 is 0 Å². The Morgan fingerprint density at radius 3 is 1.50 bits per heavy atom. The maximum absolute atomic E-state index is 6.35. The monoisotopic (exact) mass is 520 g/mol. The minimum Gasteiger partial charge on any atom is 0 e. The molecule has 0 amide bonds. The van der Waals surface area contributed by atoms with Gasteiger partial charge < -0.3 is 21.3 Å². The predicted molar refractivity (Wildman–Crippen MR) is 132 cm³/mol. The number of nitrogens with zero attached hydrogens (tertiary/aromatic N) is 5. The van der Waals surface area contributed by atoms with Crippen LogP contribution in [0.15, 0.2) is 12.1 Å². The van der Waals surface area contributed by atoms with Gasteiger partial charge in [-0.3, -0.25) is 4.98 Å². The molecule has 1 aliphatic heterocycles. The quantitative estimate of drug-likeness (QED) is 0.317. The SMILES string of the molecule is Clc1cc2nc(c1)C[N-][C@@H]1CCCCC1[N-]CC[N-]C1CCCCC1[N-]C2.[Cl][Mn][Cl].[HH].[HH].[HH].[HH]. The van der Waals surface area contributed by atoms with E-state index in [-0.39, 0.29) is 18.8 Å². The number of hydrogen-bond acceptors (Lipinski definition) is 1. The normalized spacial score (nSPS) is 30.5. The standard InChI is InChI=1S/C21H30ClN5.2ClH.Mn.4H2/c22-15-11-16-13-25-20-7-3-1-5-18(20)23-9-10-24-19-6-2-4-8-21(19)26-14-17(12-15)27-16;;;;;;;/h11-12,18-21H,1-10,13-14H2;2*1H;;4*1H/q-4;;;+2;;;;/p-2/t18?,19?,20-,21?;;;;;;;/m1......./s1. The molecule has 2 fully saturated rings. The minimum absolute atomic E-state index is 0. The summed E-state index contributed by atoms with van der Waals surface area (Å²) in [5.41, 5.74) is 1.91. The van der Waals surface area contributed by atoms with Crippen LogP contribution in [0.1, 0.15) is 68.5 Å². The molecule has 1 aromatic heterocycles. The molecule has 0 N–H and O–H groups in total. The molecule has 30 heavy (non-hydrogen) atoms. The van der Waals surface area contributed by atoms with Gasteiger partial charge in [-0.1, -0.05) is 63.0 Å². The first-order valence-electron chi connectivity index (χ1n) is 10.9. The fourth-order valence-corrected chi connectivity index (χ4v) is 4.93. The second kappa shape index (κ2) is 13.8. The van der Waals surface area contributed by atoms with Gasteiger partial charge in [0.05, 0.1) is 0 Å². The van der Waals surface area contributed by atoms with Crippen molar-refractivity contribution in [1.29, 1.82) is 0 Å². The van der Waals surface area contributed by atoms with Crippen molar-refractivity contribution in [2.45, 2.75) is 88.6 Å². The molecular weight excluding hydrogens is 484 g/mol. The number of rotatable bonds is 0. The van der Waals surface area contributed by atoms with E-state index in [9.17, 15) is 0 Å². The Morgan fingerprint density at radius 2 is 1.10 bits per heavy atom. The summed E-state index contributed by atoms with van der Waals surface area (Å²) in [5, 5.41) is 20.6. The average molecular weight is 522 g/mol. The van der Waals surface area contributed by atoms with Crippen LogP contribution in [0, 0.1) is 0 Å². The Kier molecular flexibility index (Phi) is 11.5. The first-order chi connectivity index (χ1) is 14.7. The number of pyridine rings is 1. The van der Waals surface area contributed by atoms with E-state index in [0.717, 1.165) is 55.2 Å². The minimum atomic E-state index is 0.